The van der Waals surface area contributed by atoms with Gasteiger partial charge in [-0.25, -0.2) is 0 Å². The van der Waals surface area contributed by atoms with Crippen molar-refractivity contribution in [2.75, 3.05) is 19.8 Å². The zero-order chi connectivity index (χ0) is 42.9. The molecule has 7 N–H and O–H groups in total. The molecule has 9 rings (SSSR count). The molecule has 0 aromatic rings. The maximum atomic E-state index is 11.1. The van der Waals surface area contributed by atoms with Gasteiger partial charge in [-0.05, 0) is 112 Å². The third-order valence-corrected chi connectivity index (χ3v) is 19.8. The molecule has 0 radical (unpaired) electrons. The molecule has 6 aliphatic carbocycles. The van der Waals surface area contributed by atoms with Crippen molar-refractivity contribution in [3.05, 3.63) is 48.6 Å². The molecule has 0 unspecified atom stereocenters. The van der Waals surface area contributed by atoms with E-state index in [1.807, 2.05) is 13.8 Å². The van der Waals surface area contributed by atoms with Gasteiger partial charge in [0, 0.05) is 32.5 Å². The second-order valence-corrected chi connectivity index (χ2v) is 21.5. The fourth-order valence-corrected chi connectivity index (χ4v) is 14.8. The Hall–Kier alpha value is -1.44. The number of allylic oxidation sites excluding steroid dienone is 2. The van der Waals surface area contributed by atoms with Crippen LogP contribution >= 0.6 is 0 Å². The molecule has 22 atom stereocenters. The number of aliphatic hydroxyl groups is 7. The van der Waals surface area contributed by atoms with Crippen molar-refractivity contribution in [1.82, 2.24) is 0 Å². The molecule has 59 heavy (non-hydrogen) atoms. The van der Waals surface area contributed by atoms with Crippen LogP contribution in [0.15, 0.2) is 48.6 Å². The Balaban J connectivity index is 0.000000148. The van der Waals surface area contributed by atoms with Crippen LogP contribution in [-0.4, -0.2) is 117 Å². The van der Waals surface area contributed by atoms with Gasteiger partial charge in [-0.2, -0.15) is 0 Å². The Morgan fingerprint density at radius 2 is 0.864 bits per heavy atom. The Kier molecular flexibility index (Phi) is 12.5. The number of aliphatic hydroxyl groups excluding tert-OH is 7. The third kappa shape index (κ3) is 6.07. The average molecular weight is 829 g/mol. The Morgan fingerprint density at radius 1 is 0.525 bits per heavy atom. The third-order valence-electron chi connectivity index (χ3n) is 19.8. The highest BCUT2D eigenvalue weighted by Crippen LogP contribution is 2.68. The molecule has 3 spiro atoms. The first-order chi connectivity index (χ1) is 27.0. The molecule has 5 saturated carbocycles. The first-order valence-corrected chi connectivity index (χ1v) is 22.3. The van der Waals surface area contributed by atoms with E-state index < -0.39 is 58.3 Å². The normalized spacial score (nSPS) is 57.0. The summed E-state index contributed by atoms with van der Waals surface area (Å²) < 4.78 is 17.2. The predicted molar refractivity (Wildman–Crippen MR) is 229 cm³/mol. The Morgan fingerprint density at radius 3 is 1.19 bits per heavy atom. The molecule has 9 aliphatic rings. The maximum Gasteiger partial charge on any atom is 0.0833 e. The smallest absolute Gasteiger partial charge is 0.0833 e. The molecule has 3 aliphatic heterocycles. The lowest BCUT2D eigenvalue weighted by atomic mass is 9.59. The van der Waals surface area contributed by atoms with E-state index in [-0.39, 0.29) is 66.3 Å². The highest BCUT2D eigenvalue weighted by molar-refractivity contribution is 5.32. The fourth-order valence-electron chi connectivity index (χ4n) is 14.8. The van der Waals surface area contributed by atoms with Crippen molar-refractivity contribution < 1.29 is 50.0 Å². The van der Waals surface area contributed by atoms with Crippen molar-refractivity contribution in [3.8, 4) is 0 Å². The minimum absolute atomic E-state index is 0. The fraction of sp³-hybridized carbons (Fsp3) is 0.837. The quantitative estimate of drug-likeness (QED) is 0.149. The van der Waals surface area contributed by atoms with Gasteiger partial charge in [-0.3, -0.25) is 0 Å². The van der Waals surface area contributed by atoms with Gasteiger partial charge in [-0.1, -0.05) is 80.9 Å². The van der Waals surface area contributed by atoms with Crippen LogP contribution in [0.2, 0.25) is 0 Å². The molecule has 10 nitrogen and oxygen atoms in total. The zero-order valence-corrected chi connectivity index (χ0v) is 36.7. The van der Waals surface area contributed by atoms with Crippen LogP contribution in [0, 0.1) is 68.0 Å². The van der Waals surface area contributed by atoms with E-state index >= 15 is 0 Å². The minimum Gasteiger partial charge on any atom is -0.392 e. The Labute approximate surface area is 354 Å². The topological polar surface area (TPSA) is 169 Å². The summed E-state index contributed by atoms with van der Waals surface area (Å²) in [6, 6.07) is 0. The van der Waals surface area contributed by atoms with Crippen LogP contribution in [0.25, 0.3) is 0 Å². The monoisotopic (exact) mass is 829 g/mol. The van der Waals surface area contributed by atoms with Crippen LogP contribution in [0.4, 0.5) is 0 Å². The summed E-state index contributed by atoms with van der Waals surface area (Å²) >= 11 is 0. The lowest BCUT2D eigenvalue weighted by Crippen LogP contribution is -2.54. The average Bonchev–Trinajstić information content (AvgIpc) is 3.94. The largest absolute Gasteiger partial charge is 0.392 e. The molecule has 3 saturated heterocycles. The van der Waals surface area contributed by atoms with Crippen molar-refractivity contribution in [2.24, 2.45) is 68.0 Å². The first kappa shape index (κ1) is 47.0. The van der Waals surface area contributed by atoms with E-state index in [4.69, 9.17) is 14.2 Å². The summed E-state index contributed by atoms with van der Waals surface area (Å²) in [6.45, 7) is 32.8. The second-order valence-electron chi connectivity index (χ2n) is 21.5. The van der Waals surface area contributed by atoms with Gasteiger partial charge in [0.25, 0.3) is 0 Å². The summed E-state index contributed by atoms with van der Waals surface area (Å²) in [6.07, 6.45) is 4.48. The predicted octanol–water partition coefficient (Wildman–Crippen LogP) is 5.76. The van der Waals surface area contributed by atoms with Crippen molar-refractivity contribution in [3.63, 3.8) is 0 Å². The molecule has 3 heterocycles. The van der Waals surface area contributed by atoms with Gasteiger partial charge in [0.15, 0.2) is 0 Å². The van der Waals surface area contributed by atoms with Crippen LogP contribution in [0.5, 0.6) is 0 Å². The molecular weight excluding hydrogens is 749 g/mol. The number of ether oxygens (including phenoxy) is 3. The number of fused-ring (bicyclic) bond motifs is 3. The summed E-state index contributed by atoms with van der Waals surface area (Å²) in [5.74, 6) is 1.05. The highest BCUT2D eigenvalue weighted by atomic mass is 16.5. The van der Waals surface area contributed by atoms with E-state index in [2.05, 4.69) is 80.4 Å². The van der Waals surface area contributed by atoms with Crippen molar-refractivity contribution >= 4 is 0 Å². The van der Waals surface area contributed by atoms with Gasteiger partial charge in [0.1, 0.15) is 0 Å². The molecule has 0 bridgehead atoms. The van der Waals surface area contributed by atoms with Crippen molar-refractivity contribution in [2.45, 2.75) is 169 Å². The molecule has 336 valence electrons. The summed E-state index contributed by atoms with van der Waals surface area (Å²) in [7, 11) is 0. The number of hydrogen-bond acceptors (Lipinski definition) is 10. The van der Waals surface area contributed by atoms with Crippen molar-refractivity contribution in [1.29, 1.82) is 0 Å². The minimum atomic E-state index is -0.772. The maximum absolute atomic E-state index is 11.1. The number of hydrogen-bond donors (Lipinski definition) is 7. The van der Waals surface area contributed by atoms with Gasteiger partial charge < -0.3 is 50.0 Å². The van der Waals surface area contributed by atoms with Gasteiger partial charge in [-0.15, -0.1) is 0 Å². The number of rotatable bonds is 0. The molecule has 0 aromatic carbocycles. The Bertz CT molecular complexity index is 1580. The van der Waals surface area contributed by atoms with Crippen LogP contribution < -0.4 is 0 Å². The second kappa shape index (κ2) is 15.7. The molecule has 0 aromatic heterocycles. The van der Waals surface area contributed by atoms with Gasteiger partial charge in [0.05, 0.1) is 80.9 Å². The lowest BCUT2D eigenvalue weighted by Gasteiger charge is -2.49. The lowest BCUT2D eigenvalue weighted by molar-refractivity contribution is -0.143. The summed E-state index contributed by atoms with van der Waals surface area (Å²) in [4.78, 5) is 0. The van der Waals surface area contributed by atoms with E-state index in [0.29, 0.717) is 57.3 Å². The van der Waals surface area contributed by atoms with Gasteiger partial charge in [0.2, 0.25) is 0 Å². The SMILES string of the molecule is C.C=C1CO[C@@H](C)[C@]12C[C@@H]1C=CC[C@@H](C)[C@]1(C)[C@H]2O.C=C1CO[C@@H](C)[C@]12C[C@@H]1[C@@H](O)[C@@H](O)C[C@@H](C)[C@]1(C)[C@H]2O.C=C1CO[C@@H](C)[C@]12C[C@@H]1[C@H](O)[C@H](O)C[C@@H](C)[C@]1(C)[C@H]2O. The van der Waals surface area contributed by atoms with E-state index in [1.54, 1.807) is 0 Å². The summed E-state index contributed by atoms with van der Waals surface area (Å²) in [5.41, 5.74) is 0.967. The first-order valence-electron chi connectivity index (χ1n) is 22.3. The van der Waals surface area contributed by atoms with Crippen LogP contribution in [-0.2, 0) is 14.2 Å². The summed E-state index contributed by atoms with van der Waals surface area (Å²) in [5, 5.41) is 74.3. The standard InChI is InChI=1S/2C16H26O4.C16H24O2.CH4/c2*1-8-5-12(17)13(18)11-6-16(14(19)15(8,11)4)9(2)7-20-10(16)3;1-10-6-5-7-13-8-16(14(17)15(10,13)4)11(2)9-18-12(16)3;/h2*8,10-14,17-19H,2,5-7H2,1,3-4H3;5,7,10,12-14,17H,2,6,8-9H2,1,3-4H3;1H4/t8-,10+,11-,12+,13-,14-,15+,16+;8-,10+,11-,12-,13+,14-,15+,16+;10-,12+,13+,14-,15+,16+;/m111./s1. The zero-order valence-electron chi connectivity index (χ0n) is 36.7. The van der Waals surface area contributed by atoms with Crippen LogP contribution in [0.1, 0.15) is 108 Å². The molecule has 8 fully saturated rings. The highest BCUT2D eigenvalue weighted by Gasteiger charge is 2.71. The molecule has 10 heteroatoms. The van der Waals surface area contributed by atoms with E-state index in [0.717, 1.165) is 29.6 Å². The van der Waals surface area contributed by atoms with E-state index in [1.165, 1.54) is 0 Å². The van der Waals surface area contributed by atoms with E-state index in [9.17, 15) is 35.7 Å². The van der Waals surface area contributed by atoms with Gasteiger partial charge >= 0.3 is 0 Å². The molecular formula is C49H80O10. The molecule has 0 amide bonds. The van der Waals surface area contributed by atoms with Crippen LogP contribution in [0.3, 0.4) is 0 Å².